The van der Waals surface area contributed by atoms with Crippen LogP contribution in [0.15, 0.2) is 238 Å². The predicted molar refractivity (Wildman–Crippen MR) is 339 cm³/mol. The van der Waals surface area contributed by atoms with Crippen molar-refractivity contribution in [3.63, 3.8) is 0 Å². The third-order valence-electron chi connectivity index (χ3n) is 17.5. The van der Waals surface area contributed by atoms with Gasteiger partial charge in [-0.3, -0.25) is 0 Å². The molecule has 0 N–H and O–H groups in total. The molecule has 382 valence electrons. The second kappa shape index (κ2) is 16.2. The first-order valence-corrected chi connectivity index (χ1v) is 28.4. The number of benzene rings is 12. The Morgan fingerprint density at radius 3 is 1.14 bits per heavy atom. The summed E-state index contributed by atoms with van der Waals surface area (Å²) in [6, 6.07) is 83.4. The van der Waals surface area contributed by atoms with Crippen LogP contribution in [0.2, 0.25) is 0 Å². The third kappa shape index (κ3) is 5.65. The van der Waals surface area contributed by atoms with E-state index in [1.165, 1.54) is 0 Å². The van der Waals surface area contributed by atoms with Gasteiger partial charge < -0.3 is 27.0 Å². The van der Waals surface area contributed by atoms with E-state index in [1.54, 1.807) is 11.3 Å². The molecule has 7 heterocycles. The number of aromatic nitrogens is 3. The van der Waals surface area contributed by atoms with E-state index < -0.39 is 0 Å². The van der Waals surface area contributed by atoms with Gasteiger partial charge in [0.25, 0.3) is 0 Å². The second-order valence-electron chi connectivity index (χ2n) is 21.5. The van der Waals surface area contributed by atoms with Crippen molar-refractivity contribution in [2.75, 3.05) is 0 Å². The SMILES string of the molecule is N#Cc1c(-c2cccc3c2sc2ccccc23)c(-n2c3ccccc3c3c4c(ccc32)oc2ccccc24)c(-n2c3ccccc3c3c4c(ccc32)oc2ccccc24)c(C#N)c1-n1c2ccccc2c2c3c(ccc21)oc1ccccc13. The van der Waals surface area contributed by atoms with Crippen molar-refractivity contribution in [2.45, 2.75) is 0 Å². The lowest BCUT2D eigenvalue weighted by Crippen LogP contribution is -2.14. The first kappa shape index (κ1) is 44.5. The number of nitrogens with zero attached hydrogens (tertiary/aromatic N) is 5. The summed E-state index contributed by atoms with van der Waals surface area (Å²) in [5, 5.41) is 39.7. The van der Waals surface area contributed by atoms with Gasteiger partial charge in [0, 0.05) is 95.9 Å². The molecule has 0 saturated heterocycles. The molecule has 7 aromatic heterocycles. The average molecular weight is 1080 g/mol. The minimum atomic E-state index is 0.323. The molecule has 0 aliphatic heterocycles. The Morgan fingerprint density at radius 1 is 0.289 bits per heavy atom. The van der Waals surface area contributed by atoms with Crippen LogP contribution >= 0.6 is 11.3 Å². The largest absolute Gasteiger partial charge is 0.456 e. The van der Waals surface area contributed by atoms with Crippen LogP contribution in [-0.4, -0.2) is 13.7 Å². The zero-order valence-electron chi connectivity index (χ0n) is 43.7. The van der Waals surface area contributed by atoms with Crippen LogP contribution in [0.5, 0.6) is 0 Å². The number of nitriles is 2. The van der Waals surface area contributed by atoms with Gasteiger partial charge in [0.15, 0.2) is 0 Å². The molecule has 0 spiro atoms. The van der Waals surface area contributed by atoms with Gasteiger partial charge in [-0.05, 0) is 78.9 Å². The summed E-state index contributed by atoms with van der Waals surface area (Å²) in [6.07, 6.45) is 0. The summed E-state index contributed by atoms with van der Waals surface area (Å²) in [5.41, 5.74) is 13.9. The van der Waals surface area contributed by atoms with E-state index >= 15 is 0 Å². The normalized spacial score (nSPS) is 12.3. The summed E-state index contributed by atoms with van der Waals surface area (Å²) in [5.74, 6) is 0. The van der Waals surface area contributed by atoms with Crippen LogP contribution in [-0.2, 0) is 0 Å². The maximum absolute atomic E-state index is 12.8. The number of fused-ring (bicyclic) bond motifs is 24. The molecule has 8 nitrogen and oxygen atoms in total. The summed E-state index contributed by atoms with van der Waals surface area (Å²) >= 11 is 1.72. The lowest BCUT2D eigenvalue weighted by atomic mass is 9.90. The van der Waals surface area contributed by atoms with Gasteiger partial charge in [-0.15, -0.1) is 11.3 Å². The van der Waals surface area contributed by atoms with Crippen molar-refractivity contribution in [3.05, 3.63) is 236 Å². The summed E-state index contributed by atoms with van der Waals surface area (Å²) < 4.78 is 28.9. The average Bonchev–Trinajstić information content (AvgIpc) is 2.72. The lowest BCUT2D eigenvalue weighted by molar-refractivity contribution is 0.669. The van der Waals surface area contributed by atoms with Gasteiger partial charge in [-0.25, -0.2) is 0 Å². The van der Waals surface area contributed by atoms with Crippen molar-refractivity contribution < 1.29 is 13.3 Å². The highest BCUT2D eigenvalue weighted by Crippen LogP contribution is 2.54. The van der Waals surface area contributed by atoms with Gasteiger partial charge >= 0.3 is 0 Å². The maximum Gasteiger partial charge on any atom is 0.136 e. The highest BCUT2D eigenvalue weighted by atomic mass is 32.1. The minimum Gasteiger partial charge on any atom is -0.456 e. The maximum atomic E-state index is 12.8. The molecular formula is C74H37N5O3S. The molecule has 0 amide bonds. The Morgan fingerprint density at radius 2 is 0.675 bits per heavy atom. The smallest absolute Gasteiger partial charge is 0.136 e. The number of hydrogen-bond donors (Lipinski definition) is 0. The molecule has 83 heavy (non-hydrogen) atoms. The molecule has 0 aliphatic rings. The topological polar surface area (TPSA) is 102 Å². The van der Waals surface area contributed by atoms with E-state index in [0.717, 1.165) is 157 Å². The standard InChI is InChI=1S/C74H37N5O3S/c75-38-49-64(48-24-15-23-41-40-16-7-14-31-63(40)83-74(41)48)73(79-53-27-10-3-19-44(53)67-56(79)34-37-62-70(67)47-22-6-13-30-59(47)82-62)72(78-52-26-9-2-18-43(52)66-55(78)33-36-61-69(66)46-21-5-12-29-58(46)81-61)50(39-76)71(49)77-51-25-8-1-17-42(51)65-54(77)32-35-60-68(65)45-20-4-11-28-57(45)80-60/h1-37H. The predicted octanol–water partition coefficient (Wildman–Crippen LogP) is 20.5. The molecule has 0 fully saturated rings. The second-order valence-corrected chi connectivity index (χ2v) is 22.6. The molecule has 0 saturated carbocycles. The van der Waals surface area contributed by atoms with E-state index in [-0.39, 0.29) is 0 Å². The number of para-hydroxylation sites is 6. The van der Waals surface area contributed by atoms with Crippen molar-refractivity contribution >= 4 is 163 Å². The molecule has 0 aliphatic carbocycles. The van der Waals surface area contributed by atoms with Gasteiger partial charge in [-0.2, -0.15) is 10.5 Å². The molecule has 0 radical (unpaired) electrons. The van der Waals surface area contributed by atoms with E-state index in [1.807, 2.05) is 54.6 Å². The minimum absolute atomic E-state index is 0.323. The molecular weight excluding hydrogens is 1040 g/mol. The molecule has 0 bridgehead atoms. The monoisotopic (exact) mass is 1080 g/mol. The number of rotatable bonds is 4. The highest BCUT2D eigenvalue weighted by molar-refractivity contribution is 7.26. The Kier molecular flexibility index (Phi) is 8.66. The van der Waals surface area contributed by atoms with Crippen LogP contribution in [0.3, 0.4) is 0 Å². The molecule has 0 atom stereocenters. The molecule has 19 aromatic rings. The summed E-state index contributed by atoms with van der Waals surface area (Å²) in [4.78, 5) is 0. The molecule has 19 rings (SSSR count). The fraction of sp³-hybridized carbons (Fsp3) is 0. The third-order valence-corrected chi connectivity index (χ3v) is 18.7. The van der Waals surface area contributed by atoms with Crippen molar-refractivity contribution in [3.8, 4) is 40.3 Å². The Hall–Kier alpha value is -11.4. The van der Waals surface area contributed by atoms with Gasteiger partial charge in [0.2, 0.25) is 0 Å². The van der Waals surface area contributed by atoms with Gasteiger partial charge in [-0.1, -0.05) is 146 Å². The molecule has 9 heteroatoms. The van der Waals surface area contributed by atoms with Crippen LogP contribution in [0.1, 0.15) is 11.1 Å². The Labute approximate surface area is 473 Å². The first-order valence-electron chi connectivity index (χ1n) is 27.6. The van der Waals surface area contributed by atoms with Gasteiger partial charge in [0.1, 0.15) is 51.2 Å². The lowest BCUT2D eigenvalue weighted by Gasteiger charge is -2.26. The van der Waals surface area contributed by atoms with Crippen LogP contribution in [0, 0.1) is 22.7 Å². The van der Waals surface area contributed by atoms with E-state index in [9.17, 15) is 10.5 Å². The van der Waals surface area contributed by atoms with Crippen LogP contribution < -0.4 is 0 Å². The number of thiophene rings is 1. The van der Waals surface area contributed by atoms with Crippen molar-refractivity contribution in [2.24, 2.45) is 0 Å². The van der Waals surface area contributed by atoms with Crippen LogP contribution in [0.25, 0.3) is 180 Å². The van der Waals surface area contributed by atoms with Crippen molar-refractivity contribution in [1.29, 1.82) is 10.5 Å². The quantitative estimate of drug-likeness (QED) is 0.175. The zero-order valence-corrected chi connectivity index (χ0v) is 44.5. The Balaban J connectivity index is 1.11. The highest BCUT2D eigenvalue weighted by Gasteiger charge is 2.35. The molecule has 12 aromatic carbocycles. The number of hydrogen-bond acceptors (Lipinski definition) is 6. The zero-order chi connectivity index (χ0) is 54.3. The fourth-order valence-electron chi connectivity index (χ4n) is 14.3. The first-order chi connectivity index (χ1) is 41.1. The van der Waals surface area contributed by atoms with Crippen molar-refractivity contribution in [1.82, 2.24) is 13.7 Å². The summed E-state index contributed by atoms with van der Waals surface area (Å²) in [6.45, 7) is 0. The fourth-order valence-corrected chi connectivity index (χ4v) is 15.6. The molecule has 0 unspecified atom stereocenters. The van der Waals surface area contributed by atoms with Gasteiger partial charge in [0.05, 0.1) is 55.7 Å². The van der Waals surface area contributed by atoms with E-state index in [4.69, 9.17) is 13.3 Å². The van der Waals surface area contributed by atoms with Crippen LogP contribution in [0.4, 0.5) is 0 Å². The Bertz CT molecular complexity index is 6240. The van der Waals surface area contributed by atoms with E-state index in [0.29, 0.717) is 33.8 Å². The summed E-state index contributed by atoms with van der Waals surface area (Å²) in [7, 11) is 0. The number of furan rings is 3. The van der Waals surface area contributed by atoms with E-state index in [2.05, 4.69) is 196 Å².